The van der Waals surface area contributed by atoms with Crippen molar-refractivity contribution in [1.29, 1.82) is 0 Å². The molecule has 0 saturated heterocycles. The molecule has 0 aliphatic heterocycles. The molecule has 1 N–H and O–H groups in total. The number of aromatic nitrogens is 1. The fraction of sp³-hybridized carbons (Fsp3) is 0.167. The van der Waals surface area contributed by atoms with Crippen molar-refractivity contribution in [2.45, 2.75) is 6.18 Å². The second-order valence-electron chi connectivity index (χ2n) is 3.80. The van der Waals surface area contributed by atoms with Gasteiger partial charge in [0.05, 0.1) is 5.02 Å². The number of oxazole rings is 1. The van der Waals surface area contributed by atoms with Crippen LogP contribution in [0.1, 0.15) is 5.69 Å². The lowest BCUT2D eigenvalue weighted by molar-refractivity contribution is -0.141. The van der Waals surface area contributed by atoms with Crippen LogP contribution in [0.3, 0.4) is 0 Å². The quantitative estimate of drug-likeness (QED) is 0.938. The van der Waals surface area contributed by atoms with Gasteiger partial charge in [-0.05, 0) is 12.1 Å². The van der Waals surface area contributed by atoms with Gasteiger partial charge in [0.25, 0.3) is 5.91 Å². The van der Waals surface area contributed by atoms with Gasteiger partial charge in [0.15, 0.2) is 12.3 Å². The standard InChI is InChI=1S/C12H8ClF3N2O3/c13-7-3-1-2-4-8(7)20-6-10(19)18-11-17-9(5-21-11)12(14,15)16/h1-5H,6H2,(H,17,18,19). The summed E-state index contributed by atoms with van der Waals surface area (Å²) in [6.45, 7) is -0.451. The first-order chi connectivity index (χ1) is 9.86. The van der Waals surface area contributed by atoms with E-state index in [2.05, 4.69) is 9.40 Å². The third-order valence-corrected chi connectivity index (χ3v) is 2.55. The Kier molecular flexibility index (Phi) is 4.37. The Hall–Kier alpha value is -2.22. The highest BCUT2D eigenvalue weighted by molar-refractivity contribution is 6.32. The minimum atomic E-state index is -4.64. The number of nitrogens with one attached hydrogen (secondary N) is 1. The third-order valence-electron chi connectivity index (χ3n) is 2.24. The minimum absolute atomic E-state index is 0.276. The van der Waals surface area contributed by atoms with Gasteiger partial charge in [-0.3, -0.25) is 10.1 Å². The number of anilines is 1. The first-order valence-corrected chi connectivity index (χ1v) is 5.94. The number of alkyl halides is 3. The van der Waals surface area contributed by atoms with Gasteiger partial charge in [-0.2, -0.15) is 18.2 Å². The summed E-state index contributed by atoms with van der Waals surface area (Å²) in [5, 5.41) is 2.35. The molecule has 1 heterocycles. The van der Waals surface area contributed by atoms with Gasteiger partial charge in [0.1, 0.15) is 12.0 Å². The van der Waals surface area contributed by atoms with Crippen molar-refractivity contribution in [1.82, 2.24) is 4.98 Å². The Morgan fingerprint density at radius 2 is 2.10 bits per heavy atom. The Labute approximate surface area is 121 Å². The molecule has 2 aromatic rings. The van der Waals surface area contributed by atoms with Crippen molar-refractivity contribution >= 4 is 23.5 Å². The van der Waals surface area contributed by atoms with Gasteiger partial charge in [-0.15, -0.1) is 0 Å². The zero-order chi connectivity index (χ0) is 15.5. The molecule has 21 heavy (non-hydrogen) atoms. The molecule has 2 rings (SSSR count). The van der Waals surface area contributed by atoms with E-state index in [1.165, 1.54) is 0 Å². The normalized spacial score (nSPS) is 11.2. The van der Waals surface area contributed by atoms with Crippen LogP contribution in [0, 0.1) is 0 Å². The smallest absolute Gasteiger partial charge is 0.436 e. The molecule has 0 saturated carbocycles. The Morgan fingerprint density at radius 1 is 1.38 bits per heavy atom. The van der Waals surface area contributed by atoms with E-state index in [0.717, 1.165) is 0 Å². The van der Waals surface area contributed by atoms with Gasteiger partial charge in [-0.1, -0.05) is 23.7 Å². The van der Waals surface area contributed by atoms with Crippen molar-refractivity contribution in [2.75, 3.05) is 11.9 Å². The summed E-state index contributed by atoms with van der Waals surface area (Å²) in [5.74, 6) is -0.455. The van der Waals surface area contributed by atoms with Crippen LogP contribution in [0.5, 0.6) is 5.75 Å². The van der Waals surface area contributed by atoms with Crippen LogP contribution in [0.2, 0.25) is 5.02 Å². The number of hydrogen-bond donors (Lipinski definition) is 1. The van der Waals surface area contributed by atoms with E-state index in [4.69, 9.17) is 16.3 Å². The van der Waals surface area contributed by atoms with Crippen molar-refractivity contribution in [2.24, 2.45) is 0 Å². The maximum Gasteiger partial charge on any atom is 0.436 e. The molecule has 9 heteroatoms. The molecule has 5 nitrogen and oxygen atoms in total. The zero-order valence-electron chi connectivity index (χ0n) is 10.3. The predicted octanol–water partition coefficient (Wildman–Crippen LogP) is 3.36. The van der Waals surface area contributed by atoms with Crippen molar-refractivity contribution in [3.8, 4) is 5.75 Å². The molecule has 0 atom stereocenters. The molecule has 0 unspecified atom stereocenters. The molecular formula is C12H8ClF3N2O3. The molecule has 0 fully saturated rings. The van der Waals surface area contributed by atoms with E-state index in [9.17, 15) is 18.0 Å². The number of carbonyl (C=O) groups is 1. The predicted molar refractivity (Wildman–Crippen MR) is 67.1 cm³/mol. The van der Waals surface area contributed by atoms with Crippen LogP contribution in [-0.4, -0.2) is 17.5 Å². The molecule has 0 bridgehead atoms. The number of hydrogen-bond acceptors (Lipinski definition) is 4. The maximum atomic E-state index is 12.3. The average Bonchev–Trinajstić information content (AvgIpc) is 2.86. The van der Waals surface area contributed by atoms with Crippen LogP contribution >= 0.6 is 11.6 Å². The highest BCUT2D eigenvalue weighted by Crippen LogP contribution is 2.29. The number of benzene rings is 1. The SMILES string of the molecule is O=C(COc1ccccc1Cl)Nc1nc(C(F)(F)F)co1. The number of para-hydroxylation sites is 1. The Balaban J connectivity index is 1.90. The second-order valence-corrected chi connectivity index (χ2v) is 4.21. The monoisotopic (exact) mass is 320 g/mol. The summed E-state index contributed by atoms with van der Waals surface area (Å²) in [6, 6.07) is 5.89. The number of rotatable bonds is 4. The Bertz CT molecular complexity index is 643. The lowest BCUT2D eigenvalue weighted by Crippen LogP contribution is -2.20. The number of halogens is 4. The highest BCUT2D eigenvalue weighted by Gasteiger charge is 2.35. The lowest BCUT2D eigenvalue weighted by Gasteiger charge is -2.06. The summed E-state index contributed by atoms with van der Waals surface area (Å²) < 4.78 is 46.4. The number of carbonyl (C=O) groups excluding carboxylic acids is 1. The maximum absolute atomic E-state index is 12.3. The van der Waals surface area contributed by atoms with Crippen LogP contribution in [-0.2, 0) is 11.0 Å². The molecule has 0 radical (unpaired) electrons. The molecule has 0 spiro atoms. The summed E-state index contributed by atoms with van der Waals surface area (Å²) in [7, 11) is 0. The molecule has 0 aliphatic carbocycles. The fourth-order valence-corrected chi connectivity index (χ4v) is 1.51. The van der Waals surface area contributed by atoms with Crippen LogP contribution < -0.4 is 10.1 Å². The molecule has 1 amide bonds. The van der Waals surface area contributed by atoms with Gasteiger partial charge in [-0.25, -0.2) is 0 Å². The molecule has 1 aromatic heterocycles. The number of ether oxygens (including phenoxy) is 1. The van der Waals surface area contributed by atoms with E-state index in [1.54, 1.807) is 24.3 Å². The summed E-state index contributed by atoms with van der Waals surface area (Å²) in [5.41, 5.74) is -1.23. The first-order valence-electron chi connectivity index (χ1n) is 5.56. The number of nitrogens with zero attached hydrogens (tertiary/aromatic N) is 1. The fourth-order valence-electron chi connectivity index (χ4n) is 1.32. The summed E-state index contributed by atoms with van der Waals surface area (Å²) in [6.07, 6.45) is -4.23. The number of amides is 1. The van der Waals surface area contributed by atoms with Crippen LogP contribution in [0.25, 0.3) is 0 Å². The lowest BCUT2D eigenvalue weighted by atomic mass is 10.3. The zero-order valence-corrected chi connectivity index (χ0v) is 11.0. The second kappa shape index (κ2) is 6.04. The van der Waals surface area contributed by atoms with E-state index in [1.807, 2.05) is 5.32 Å². The van der Waals surface area contributed by atoms with Crippen molar-refractivity contribution in [3.05, 3.63) is 41.2 Å². The third kappa shape index (κ3) is 4.12. The summed E-state index contributed by atoms with van der Waals surface area (Å²) in [4.78, 5) is 14.6. The van der Waals surface area contributed by atoms with Crippen molar-refractivity contribution < 1.29 is 27.1 Å². The van der Waals surface area contributed by atoms with E-state index in [0.29, 0.717) is 11.3 Å². The molecule has 1 aromatic carbocycles. The Morgan fingerprint density at radius 3 is 2.71 bits per heavy atom. The van der Waals surface area contributed by atoms with E-state index < -0.39 is 30.4 Å². The average molecular weight is 321 g/mol. The molecule has 112 valence electrons. The summed E-state index contributed by atoms with van der Waals surface area (Å²) >= 11 is 5.81. The van der Waals surface area contributed by atoms with E-state index >= 15 is 0 Å². The highest BCUT2D eigenvalue weighted by atomic mass is 35.5. The van der Waals surface area contributed by atoms with Crippen LogP contribution in [0.15, 0.2) is 34.9 Å². The van der Waals surface area contributed by atoms with Gasteiger partial charge < -0.3 is 9.15 Å². The van der Waals surface area contributed by atoms with Crippen molar-refractivity contribution in [3.63, 3.8) is 0 Å². The first kappa shape index (κ1) is 15.2. The molecule has 0 aliphatic rings. The topological polar surface area (TPSA) is 64.4 Å². The van der Waals surface area contributed by atoms with E-state index in [-0.39, 0.29) is 5.75 Å². The van der Waals surface area contributed by atoms with Gasteiger partial charge >= 0.3 is 12.2 Å². The van der Waals surface area contributed by atoms with Crippen LogP contribution in [0.4, 0.5) is 19.2 Å². The largest absolute Gasteiger partial charge is 0.482 e. The molecular weight excluding hydrogens is 313 g/mol. The minimum Gasteiger partial charge on any atom is -0.482 e. The van der Waals surface area contributed by atoms with Gasteiger partial charge in [0.2, 0.25) is 0 Å². The van der Waals surface area contributed by atoms with Gasteiger partial charge in [0, 0.05) is 0 Å².